The van der Waals surface area contributed by atoms with Gasteiger partial charge in [0.15, 0.2) is 0 Å². The first-order valence-corrected chi connectivity index (χ1v) is 1.90. The average Bonchev–Trinajstić information content (AvgIpc) is 0.722. The Labute approximate surface area is 53.8 Å². The molecule has 0 rings (SSSR count). The summed E-state index contributed by atoms with van der Waals surface area (Å²) in [5, 5.41) is 0. The predicted molar refractivity (Wildman–Crippen MR) is 13.0 cm³/mol. The minimum absolute atomic E-state index is 0. The summed E-state index contributed by atoms with van der Waals surface area (Å²) in [6.07, 6.45) is 0. The Morgan fingerprint density at radius 3 is 1.14 bits per heavy atom. The van der Waals surface area contributed by atoms with E-state index in [1.807, 2.05) is 0 Å². The summed E-state index contributed by atoms with van der Waals surface area (Å²) in [5.41, 5.74) is 0. The number of hydrogen-bond acceptors (Lipinski definition) is 4. The third-order valence-corrected chi connectivity index (χ3v) is 0. The van der Waals surface area contributed by atoms with E-state index in [2.05, 4.69) is 0 Å². The van der Waals surface area contributed by atoms with Gasteiger partial charge in [0.1, 0.15) is 0 Å². The van der Waals surface area contributed by atoms with E-state index in [4.69, 9.17) is 18.6 Å². The molecule has 0 aromatic carbocycles. The molecule has 0 aromatic rings. The van der Waals surface area contributed by atoms with Gasteiger partial charge in [-0.15, -0.1) is 0 Å². The van der Waals surface area contributed by atoms with E-state index in [9.17, 15) is 0 Å². The number of halogens is 1. The van der Waals surface area contributed by atoms with E-state index in [1.54, 1.807) is 0 Å². The van der Waals surface area contributed by atoms with Crippen LogP contribution in [0, 0.1) is 10.2 Å². The summed E-state index contributed by atoms with van der Waals surface area (Å²) >= 11 is 0. The molecule has 0 aliphatic heterocycles. The van der Waals surface area contributed by atoms with Crippen molar-refractivity contribution in [2.75, 3.05) is 0 Å². The largest absolute Gasteiger partial charge is 0.183 e. The van der Waals surface area contributed by atoms with Crippen LogP contribution in [-0.4, -0.2) is 29.0 Å². The van der Waals surface area contributed by atoms with Crippen molar-refractivity contribution in [2.24, 2.45) is 0 Å². The molecule has 0 unspecified atom stereocenters. The molecule has 0 radical (unpaired) electrons. The molecule has 3 N–H and O–H groups in total. The maximum absolute atomic E-state index is 8.60. The first kappa shape index (κ1) is 15.6. The zero-order valence-electron chi connectivity index (χ0n) is 2.55. The fraction of sp³-hybridized carbons (Fsp3) is 0. The summed E-state index contributed by atoms with van der Waals surface area (Å²) in [7, 11) is -4.69. The van der Waals surface area contributed by atoms with Crippen molar-refractivity contribution >= 4 is 18.9 Å². The molecule has 0 aliphatic carbocycles. The van der Waals surface area contributed by atoms with Gasteiger partial charge in [-0.25, -0.2) is 0 Å². The van der Waals surface area contributed by atoms with Gasteiger partial charge in [-0.3, -0.25) is 0 Å². The Hall–Kier alpha value is 0.687. The maximum Gasteiger partial charge on any atom is 0.0777 e. The van der Waals surface area contributed by atoms with E-state index in [1.165, 1.54) is 0 Å². The van der Waals surface area contributed by atoms with Crippen LogP contribution in [0.3, 0.4) is 0 Å². The van der Waals surface area contributed by atoms with Gasteiger partial charge >= 0.3 is 18.9 Å². The van der Waals surface area contributed by atoms with Crippen molar-refractivity contribution in [3.05, 3.63) is 0 Å². The Kier molecular flexibility index (Phi) is 10.8. The minimum atomic E-state index is -4.69. The van der Waals surface area contributed by atoms with Crippen LogP contribution in [-0.2, 0) is 0 Å². The molecule has 0 aliphatic rings. The maximum atomic E-state index is 8.60. The zero-order valence-corrected chi connectivity index (χ0v) is 3.31. The second kappa shape index (κ2) is 4.84. The summed E-state index contributed by atoms with van der Waals surface area (Å²) in [5.74, 6) is 0. The van der Waals surface area contributed by atoms with E-state index in [0.29, 0.717) is 0 Å². The summed E-state index contributed by atoms with van der Waals surface area (Å²) in [6, 6.07) is 0. The quantitative estimate of drug-likeness (QED) is 0.325. The van der Waals surface area contributed by atoms with Gasteiger partial charge in [0, 0.05) is 0 Å². The molecule has 42 valence electrons. The van der Waals surface area contributed by atoms with Gasteiger partial charge < -0.3 is 5.48 Å². The van der Waals surface area contributed by atoms with Crippen molar-refractivity contribution < 1.29 is 34.4 Å². The molecule has 0 aromatic heterocycles. The molecular weight excluding hydrogens is 122 g/mol. The molecule has 0 bridgehead atoms. The van der Waals surface area contributed by atoms with Crippen LogP contribution in [0.25, 0.3) is 0 Å². The Morgan fingerprint density at radius 2 is 1.14 bits per heavy atom. The van der Waals surface area contributed by atoms with Crippen molar-refractivity contribution in [3.63, 3.8) is 0 Å². The molecule has 0 amide bonds. The van der Waals surface area contributed by atoms with Gasteiger partial charge in [0.2, 0.25) is 0 Å². The third-order valence-electron chi connectivity index (χ3n) is 0. The van der Waals surface area contributed by atoms with Crippen LogP contribution in [0.4, 0.5) is 0 Å². The molecule has 0 heterocycles. The molecule has 0 atom stereocenters. The monoisotopic (exact) mass is 126 g/mol. The fourth-order valence-corrected chi connectivity index (χ4v) is 0. The van der Waals surface area contributed by atoms with Crippen molar-refractivity contribution in [2.45, 2.75) is 0 Å². The smallest absolute Gasteiger partial charge is 0.0777 e. The normalized spacial score (nSPS) is 8.57. The van der Waals surface area contributed by atoms with Crippen LogP contribution < -0.4 is 14.0 Å². The molecule has 7 heavy (non-hydrogen) atoms. The standard InChI is InChI=1S/ClHO4.Li.H2O.H/c2-1(3,4)5;;;/h(H,2,3,4,5);;1H2;. The van der Waals surface area contributed by atoms with Gasteiger partial charge in [-0.2, -0.15) is 14.0 Å². The Morgan fingerprint density at radius 1 is 1.14 bits per heavy atom. The minimum Gasteiger partial charge on any atom is -0.183 e. The van der Waals surface area contributed by atoms with E-state index in [0.717, 1.165) is 0 Å². The average molecular weight is 126 g/mol. The van der Waals surface area contributed by atoms with Crippen LogP contribution in [0.5, 0.6) is 0 Å². The molecular formula is H4ClLiO5. The zero-order chi connectivity index (χ0) is 4.50. The molecule has 0 saturated carbocycles. The first-order chi connectivity index (χ1) is 2.00. The summed E-state index contributed by atoms with van der Waals surface area (Å²) in [6.45, 7) is 0. The molecule has 7 heteroatoms. The van der Waals surface area contributed by atoms with Gasteiger partial charge in [0.25, 0.3) is 0 Å². The Bertz CT molecular complexity index is 23.6. The first-order valence-electron chi connectivity index (χ1n) is 0.632. The second-order valence-electron chi connectivity index (χ2n) is 0.396. The topological polar surface area (TPSA) is 121 Å². The summed E-state index contributed by atoms with van der Waals surface area (Å²) < 4.78 is 32.7. The molecule has 0 spiro atoms. The van der Waals surface area contributed by atoms with Crippen molar-refractivity contribution in [1.82, 2.24) is 0 Å². The second-order valence-corrected chi connectivity index (χ2v) is 1.19. The van der Waals surface area contributed by atoms with Crippen LogP contribution in [0.2, 0.25) is 0 Å². The van der Waals surface area contributed by atoms with E-state index >= 15 is 0 Å². The van der Waals surface area contributed by atoms with Crippen molar-refractivity contribution in [1.29, 1.82) is 0 Å². The van der Waals surface area contributed by atoms with Gasteiger partial charge in [-0.1, -0.05) is 0 Å². The molecule has 5 nitrogen and oxygen atoms in total. The third kappa shape index (κ3) is 311. The van der Waals surface area contributed by atoms with Crippen LogP contribution in [0.1, 0.15) is 0 Å². The Balaban J connectivity index is -0.0000000800. The van der Waals surface area contributed by atoms with E-state index < -0.39 is 10.2 Å². The van der Waals surface area contributed by atoms with Gasteiger partial charge in [-0.05, 0) is 0 Å². The number of rotatable bonds is 0. The van der Waals surface area contributed by atoms with Crippen LogP contribution in [0.15, 0.2) is 0 Å². The molecule has 0 saturated heterocycles. The molecule has 0 fully saturated rings. The van der Waals surface area contributed by atoms with E-state index in [-0.39, 0.29) is 24.3 Å². The fourth-order valence-electron chi connectivity index (χ4n) is 0. The SMILES string of the molecule is O.[LiH].[O-][Cl+3]([O-])([O-])O. The predicted octanol–water partition coefficient (Wildman–Crippen LogP) is -5.60. The van der Waals surface area contributed by atoms with Gasteiger partial charge in [0.05, 0.1) is 14.9 Å². The number of hydrogen-bond donors (Lipinski definition) is 1. The summed E-state index contributed by atoms with van der Waals surface area (Å²) in [4.78, 5) is 0. The van der Waals surface area contributed by atoms with Crippen molar-refractivity contribution in [3.8, 4) is 0 Å². The van der Waals surface area contributed by atoms with Crippen LogP contribution >= 0.6 is 0 Å².